The molecule has 0 bridgehead atoms. The van der Waals surface area contributed by atoms with Gasteiger partial charge >= 0.3 is 0 Å². The van der Waals surface area contributed by atoms with E-state index in [1.165, 1.54) is 12.1 Å². The lowest BCUT2D eigenvalue weighted by atomic mass is 10.3. The Morgan fingerprint density at radius 3 is 2.56 bits per heavy atom. The van der Waals surface area contributed by atoms with Crippen molar-refractivity contribution in [2.45, 2.75) is 17.5 Å². The third-order valence-electron chi connectivity index (χ3n) is 4.86. The molecule has 8 heteroatoms. The van der Waals surface area contributed by atoms with E-state index in [9.17, 15) is 4.39 Å². The van der Waals surface area contributed by atoms with Crippen LogP contribution in [0, 0.1) is 5.82 Å². The van der Waals surface area contributed by atoms with E-state index in [-0.39, 0.29) is 12.4 Å². The molecule has 32 heavy (non-hydrogen) atoms. The Labute approximate surface area is 193 Å². The number of rotatable bonds is 7. The summed E-state index contributed by atoms with van der Waals surface area (Å²) in [4.78, 5) is 12.6. The zero-order valence-electron chi connectivity index (χ0n) is 16.8. The summed E-state index contributed by atoms with van der Waals surface area (Å²) in [6.07, 6.45) is 1.79. The summed E-state index contributed by atoms with van der Waals surface area (Å²) >= 11 is 7.67. The number of ether oxygens (including phenoxy) is 1. The first-order valence-corrected chi connectivity index (χ1v) is 11.3. The number of halogens is 2. The minimum Gasteiger partial charge on any atom is -0.487 e. The van der Waals surface area contributed by atoms with Gasteiger partial charge in [0, 0.05) is 10.7 Å². The van der Waals surface area contributed by atoms with Gasteiger partial charge in [-0.25, -0.2) is 14.4 Å². The number of nitrogens with zero attached hydrogens (tertiary/aromatic N) is 3. The van der Waals surface area contributed by atoms with Crippen LogP contribution in [0.3, 0.4) is 0 Å². The molecule has 0 radical (unpaired) electrons. The maximum Gasteiger partial charge on any atom is 0.173 e. The second-order valence-corrected chi connectivity index (χ2v) is 8.45. The van der Waals surface area contributed by atoms with Crippen molar-refractivity contribution < 1.29 is 9.13 Å². The lowest BCUT2D eigenvalue weighted by Gasteiger charge is -2.13. The number of aromatic amines is 1. The molecule has 0 aliphatic heterocycles. The second kappa shape index (κ2) is 9.06. The van der Waals surface area contributed by atoms with Gasteiger partial charge in [-0.3, -0.25) is 4.57 Å². The summed E-state index contributed by atoms with van der Waals surface area (Å²) in [5, 5.41) is 1.47. The Morgan fingerprint density at radius 2 is 1.78 bits per heavy atom. The number of aromatic nitrogens is 4. The third-order valence-corrected chi connectivity index (χ3v) is 6.08. The average molecular weight is 465 g/mol. The smallest absolute Gasteiger partial charge is 0.173 e. The number of benzene rings is 3. The fourth-order valence-electron chi connectivity index (χ4n) is 3.33. The highest BCUT2D eigenvalue weighted by Crippen LogP contribution is 2.28. The molecule has 0 saturated carbocycles. The van der Waals surface area contributed by atoms with Crippen molar-refractivity contribution in [2.75, 3.05) is 0 Å². The van der Waals surface area contributed by atoms with Crippen LogP contribution in [0.1, 0.15) is 11.5 Å². The van der Waals surface area contributed by atoms with Gasteiger partial charge in [0.05, 0.1) is 28.7 Å². The quantitative estimate of drug-likeness (QED) is 0.283. The van der Waals surface area contributed by atoms with Crippen molar-refractivity contribution in [2.24, 2.45) is 0 Å². The van der Waals surface area contributed by atoms with Gasteiger partial charge in [0.1, 0.15) is 24.0 Å². The average Bonchev–Trinajstić information content (AvgIpc) is 3.41. The molecule has 5 rings (SSSR count). The lowest BCUT2D eigenvalue weighted by Crippen LogP contribution is -2.05. The predicted octanol–water partition coefficient (Wildman–Crippen LogP) is 6.41. The van der Waals surface area contributed by atoms with Crippen molar-refractivity contribution in [1.29, 1.82) is 0 Å². The first-order valence-electron chi connectivity index (χ1n) is 9.93. The zero-order valence-corrected chi connectivity index (χ0v) is 18.4. The van der Waals surface area contributed by atoms with Crippen LogP contribution in [0.2, 0.25) is 5.02 Å². The van der Waals surface area contributed by atoms with Gasteiger partial charge in [-0.1, -0.05) is 35.5 Å². The second-order valence-electron chi connectivity index (χ2n) is 7.08. The molecule has 160 valence electrons. The fourth-order valence-corrected chi connectivity index (χ4v) is 4.34. The summed E-state index contributed by atoms with van der Waals surface area (Å²) in [6.45, 7) is 0.284. The monoisotopic (exact) mass is 464 g/mol. The van der Waals surface area contributed by atoms with Gasteiger partial charge in [0.2, 0.25) is 0 Å². The van der Waals surface area contributed by atoms with Crippen LogP contribution < -0.4 is 4.74 Å². The number of thioether (sulfide) groups is 1. The molecule has 3 aromatic carbocycles. The van der Waals surface area contributed by atoms with Crippen LogP contribution >= 0.6 is 23.4 Å². The highest BCUT2D eigenvalue weighted by Gasteiger charge is 2.15. The Bertz CT molecular complexity index is 1320. The molecule has 0 fully saturated rings. The molecule has 0 spiro atoms. The molecular weight excluding hydrogens is 447 g/mol. The number of nitrogens with one attached hydrogen (secondary N) is 1. The summed E-state index contributed by atoms with van der Waals surface area (Å²) in [7, 11) is 0. The number of H-pyrrole nitrogens is 1. The Kier molecular flexibility index (Phi) is 5.83. The van der Waals surface area contributed by atoms with Gasteiger partial charge < -0.3 is 9.72 Å². The van der Waals surface area contributed by atoms with E-state index in [1.54, 1.807) is 30.1 Å². The van der Waals surface area contributed by atoms with Crippen molar-refractivity contribution >= 4 is 34.4 Å². The van der Waals surface area contributed by atoms with Crippen molar-refractivity contribution in [3.8, 4) is 11.4 Å². The minimum absolute atomic E-state index is 0.284. The van der Waals surface area contributed by atoms with Crippen molar-refractivity contribution in [1.82, 2.24) is 19.5 Å². The Hall–Kier alpha value is -3.29. The molecular formula is C24H18ClFN4OS. The van der Waals surface area contributed by atoms with E-state index in [2.05, 4.69) is 15.0 Å². The van der Waals surface area contributed by atoms with Crippen LogP contribution in [0.15, 0.2) is 84.1 Å². The minimum atomic E-state index is -0.298. The van der Waals surface area contributed by atoms with E-state index < -0.39 is 0 Å². The highest BCUT2D eigenvalue weighted by molar-refractivity contribution is 7.98. The van der Waals surface area contributed by atoms with Crippen LogP contribution in [-0.4, -0.2) is 19.5 Å². The molecule has 5 aromatic rings. The van der Waals surface area contributed by atoms with E-state index in [4.69, 9.17) is 16.3 Å². The van der Waals surface area contributed by atoms with E-state index >= 15 is 0 Å². The van der Waals surface area contributed by atoms with Gasteiger partial charge in [-0.2, -0.15) is 0 Å². The molecule has 5 nitrogen and oxygen atoms in total. The predicted molar refractivity (Wildman–Crippen MR) is 125 cm³/mol. The van der Waals surface area contributed by atoms with Gasteiger partial charge in [-0.05, 0) is 60.7 Å². The molecule has 2 aromatic heterocycles. The number of hydrogen-bond acceptors (Lipinski definition) is 4. The van der Waals surface area contributed by atoms with Crippen LogP contribution in [0.25, 0.3) is 16.7 Å². The van der Waals surface area contributed by atoms with Crippen LogP contribution in [0.5, 0.6) is 5.75 Å². The molecule has 0 aliphatic rings. The maximum atomic E-state index is 13.2. The summed E-state index contributed by atoms with van der Waals surface area (Å²) < 4.78 is 21.1. The molecule has 1 N–H and O–H groups in total. The molecule has 0 amide bonds. The lowest BCUT2D eigenvalue weighted by molar-refractivity contribution is 0.298. The number of imidazole rings is 2. The van der Waals surface area contributed by atoms with Gasteiger partial charge in [-0.15, -0.1) is 0 Å². The Morgan fingerprint density at radius 1 is 1.00 bits per heavy atom. The summed E-state index contributed by atoms with van der Waals surface area (Å²) in [5.74, 6) is 1.81. The first kappa shape index (κ1) is 20.6. The number of fused-ring (bicyclic) bond motifs is 1. The molecule has 0 aliphatic carbocycles. The van der Waals surface area contributed by atoms with E-state index in [0.29, 0.717) is 16.5 Å². The largest absolute Gasteiger partial charge is 0.487 e. The normalized spacial score (nSPS) is 11.2. The molecule has 0 saturated heterocycles. The standard InChI is InChI=1S/C24H18ClFN4OS/c25-16-5-9-18(10-6-16)30-19(14-31-20-11-7-17(26)8-12-20)13-27-24(30)32-15-23-28-21-3-1-2-4-22(21)29-23/h1-13H,14-15H2,(H,28,29). The van der Waals surface area contributed by atoms with Crippen molar-refractivity contribution in [3.05, 3.63) is 101 Å². The highest BCUT2D eigenvalue weighted by atomic mass is 35.5. The summed E-state index contributed by atoms with van der Waals surface area (Å²) in [6, 6.07) is 21.5. The van der Waals surface area contributed by atoms with E-state index in [1.807, 2.05) is 53.1 Å². The Balaban J connectivity index is 1.40. The number of hydrogen-bond donors (Lipinski definition) is 1. The third kappa shape index (κ3) is 4.49. The fraction of sp³-hybridized carbons (Fsp3) is 0.0833. The van der Waals surface area contributed by atoms with Crippen molar-refractivity contribution in [3.63, 3.8) is 0 Å². The van der Waals surface area contributed by atoms with Gasteiger partial charge in [0.25, 0.3) is 0 Å². The SMILES string of the molecule is Fc1ccc(OCc2cnc(SCc3nc4ccccc4[nH]3)n2-c2ccc(Cl)cc2)cc1. The molecule has 0 atom stereocenters. The first-order chi connectivity index (χ1) is 15.7. The van der Waals surface area contributed by atoms with E-state index in [0.717, 1.165) is 33.4 Å². The zero-order chi connectivity index (χ0) is 21.9. The molecule has 2 heterocycles. The summed E-state index contributed by atoms with van der Waals surface area (Å²) in [5.41, 5.74) is 3.75. The topological polar surface area (TPSA) is 55.7 Å². The number of para-hydroxylation sites is 2. The van der Waals surface area contributed by atoms with Crippen LogP contribution in [-0.2, 0) is 12.4 Å². The maximum absolute atomic E-state index is 13.2. The molecule has 0 unspecified atom stereocenters. The van der Waals surface area contributed by atoms with Crippen LogP contribution in [0.4, 0.5) is 4.39 Å². The van der Waals surface area contributed by atoms with Gasteiger partial charge in [0.15, 0.2) is 5.16 Å².